The van der Waals surface area contributed by atoms with Gasteiger partial charge < -0.3 is 24.1 Å². The van der Waals surface area contributed by atoms with Crippen molar-refractivity contribution in [3.8, 4) is 11.5 Å². The van der Waals surface area contributed by atoms with Gasteiger partial charge in [0.05, 0.1) is 5.71 Å². The summed E-state index contributed by atoms with van der Waals surface area (Å²) in [5.41, 5.74) is 2.70. The number of piperazine rings is 1. The van der Waals surface area contributed by atoms with E-state index in [1.165, 1.54) is 0 Å². The van der Waals surface area contributed by atoms with E-state index in [0.29, 0.717) is 24.6 Å². The number of aromatic amines is 1. The molecule has 1 N–H and O–H groups in total. The molecular formula is C20H23N4O4+. The molecule has 4 rings (SSSR count). The van der Waals surface area contributed by atoms with Crippen LogP contribution >= 0.6 is 0 Å². The van der Waals surface area contributed by atoms with Crippen LogP contribution in [0.3, 0.4) is 0 Å². The number of nitrogens with one attached hydrogen (secondary N) is 1. The highest BCUT2D eigenvalue weighted by Crippen LogP contribution is 2.32. The van der Waals surface area contributed by atoms with Crippen molar-refractivity contribution in [3.63, 3.8) is 0 Å². The Morgan fingerprint density at radius 2 is 1.86 bits per heavy atom. The molecule has 2 aliphatic heterocycles. The van der Waals surface area contributed by atoms with Crippen molar-refractivity contribution in [1.82, 2.24) is 4.90 Å². The molecule has 8 heteroatoms. The van der Waals surface area contributed by atoms with Gasteiger partial charge in [-0.25, -0.2) is 4.98 Å². The topological polar surface area (TPSA) is 77.7 Å². The highest BCUT2D eigenvalue weighted by atomic mass is 16.7. The Balaban J connectivity index is 1.26. The predicted octanol–water partition coefficient (Wildman–Crippen LogP) is 1.32. The molecule has 28 heavy (non-hydrogen) atoms. The third kappa shape index (κ3) is 4.00. The number of carbonyl (C=O) groups is 1. The van der Waals surface area contributed by atoms with Gasteiger partial charge in [-0.05, 0) is 25.1 Å². The average molecular weight is 383 g/mol. The molecule has 1 fully saturated rings. The second-order valence-electron chi connectivity index (χ2n) is 6.64. The van der Waals surface area contributed by atoms with Crippen LogP contribution in [-0.2, 0) is 9.63 Å². The van der Waals surface area contributed by atoms with E-state index in [1.807, 2.05) is 54.5 Å². The number of aromatic nitrogens is 1. The highest BCUT2D eigenvalue weighted by Gasteiger charge is 2.22. The normalized spacial score (nSPS) is 16.2. The number of hydrogen-bond donors (Lipinski definition) is 0. The lowest BCUT2D eigenvalue weighted by Crippen LogP contribution is -2.49. The van der Waals surface area contributed by atoms with Crippen LogP contribution in [-0.4, -0.2) is 56.1 Å². The Hall–Kier alpha value is -3.29. The van der Waals surface area contributed by atoms with Gasteiger partial charge in [-0.2, -0.15) is 0 Å². The molecule has 0 saturated carbocycles. The molecule has 0 aliphatic carbocycles. The van der Waals surface area contributed by atoms with Crippen LogP contribution in [0.5, 0.6) is 11.5 Å². The molecule has 146 valence electrons. The number of carbonyl (C=O) groups excluding carboxylic acids is 1. The van der Waals surface area contributed by atoms with Crippen LogP contribution in [0.2, 0.25) is 0 Å². The standard InChI is InChI=1S/C20H22N4O4/c1-15(16-2-3-18-19(12-16)27-14-26-18)22-28-13-20(25)24-10-8-23(9-11-24)17-4-6-21-7-5-17/h2-7,12H,8-11,13-14H2,1H3/p+1/b22-15-. The molecule has 0 unspecified atom stereocenters. The number of pyridine rings is 1. The molecule has 1 aromatic heterocycles. The minimum absolute atomic E-state index is 0.0525. The lowest BCUT2D eigenvalue weighted by Gasteiger charge is -2.35. The van der Waals surface area contributed by atoms with Crippen LogP contribution in [0.4, 0.5) is 5.69 Å². The Morgan fingerprint density at radius 1 is 1.11 bits per heavy atom. The maximum atomic E-state index is 12.4. The Kier molecular flexibility index (Phi) is 5.27. The van der Waals surface area contributed by atoms with E-state index in [-0.39, 0.29) is 19.3 Å². The van der Waals surface area contributed by atoms with Crippen LogP contribution in [0, 0.1) is 0 Å². The lowest BCUT2D eigenvalue weighted by molar-refractivity contribution is -0.377. The van der Waals surface area contributed by atoms with Crippen molar-refractivity contribution in [2.75, 3.05) is 44.5 Å². The van der Waals surface area contributed by atoms with Gasteiger partial charge in [-0.3, -0.25) is 4.79 Å². The molecule has 0 atom stereocenters. The fourth-order valence-electron chi connectivity index (χ4n) is 3.25. The molecular weight excluding hydrogens is 360 g/mol. The Bertz CT molecular complexity index is 864. The van der Waals surface area contributed by atoms with Gasteiger partial charge in [0, 0.05) is 49.6 Å². The molecule has 0 bridgehead atoms. The number of amides is 1. The first-order valence-corrected chi connectivity index (χ1v) is 9.26. The monoisotopic (exact) mass is 383 g/mol. The van der Waals surface area contributed by atoms with Gasteiger partial charge in [0.15, 0.2) is 30.5 Å². The number of ether oxygens (including phenoxy) is 2. The summed E-state index contributed by atoms with van der Waals surface area (Å²) < 4.78 is 10.7. The molecule has 2 aliphatic rings. The summed E-state index contributed by atoms with van der Waals surface area (Å²) in [6.07, 6.45) is 3.81. The van der Waals surface area contributed by atoms with E-state index in [1.54, 1.807) is 0 Å². The molecule has 0 radical (unpaired) electrons. The van der Waals surface area contributed by atoms with Crippen molar-refractivity contribution >= 4 is 17.3 Å². The number of nitrogens with zero attached hydrogens (tertiary/aromatic N) is 3. The maximum absolute atomic E-state index is 12.4. The second kappa shape index (κ2) is 8.16. The molecule has 1 amide bonds. The van der Waals surface area contributed by atoms with Crippen LogP contribution < -0.4 is 19.4 Å². The summed E-state index contributed by atoms with van der Waals surface area (Å²) in [5, 5.41) is 4.08. The number of fused-ring (bicyclic) bond motifs is 1. The van der Waals surface area contributed by atoms with Gasteiger partial charge in [-0.1, -0.05) is 5.16 Å². The van der Waals surface area contributed by atoms with Gasteiger partial charge in [0.2, 0.25) is 6.79 Å². The number of anilines is 1. The first kappa shape index (κ1) is 18.1. The minimum atomic E-state index is -0.0673. The summed E-state index contributed by atoms with van der Waals surface area (Å²) in [7, 11) is 0. The summed E-state index contributed by atoms with van der Waals surface area (Å²) in [4.78, 5) is 24.8. The van der Waals surface area contributed by atoms with Gasteiger partial charge in [-0.15, -0.1) is 0 Å². The van der Waals surface area contributed by atoms with Gasteiger partial charge >= 0.3 is 0 Å². The fourth-order valence-corrected chi connectivity index (χ4v) is 3.25. The SMILES string of the molecule is C/C(=N/OCC(=O)N1CCN(c2cc[nH+]cc2)CC1)c1ccc2c(c1)OCO2. The molecule has 3 heterocycles. The van der Waals surface area contributed by atoms with Crippen molar-refractivity contribution in [2.45, 2.75) is 6.92 Å². The summed E-state index contributed by atoms with van der Waals surface area (Å²) >= 11 is 0. The van der Waals surface area contributed by atoms with Crippen molar-refractivity contribution in [1.29, 1.82) is 0 Å². The number of H-pyrrole nitrogens is 1. The third-order valence-corrected chi connectivity index (χ3v) is 4.88. The van der Waals surface area contributed by atoms with Crippen LogP contribution in [0.1, 0.15) is 12.5 Å². The second-order valence-corrected chi connectivity index (χ2v) is 6.64. The number of oxime groups is 1. The van der Waals surface area contributed by atoms with Gasteiger partial charge in [0.25, 0.3) is 5.91 Å². The maximum Gasteiger partial charge on any atom is 0.263 e. The third-order valence-electron chi connectivity index (χ3n) is 4.88. The summed E-state index contributed by atoms with van der Waals surface area (Å²) in [5.74, 6) is 1.36. The zero-order valence-corrected chi connectivity index (χ0v) is 15.8. The Labute approximate surface area is 163 Å². The van der Waals surface area contributed by atoms with E-state index in [9.17, 15) is 4.79 Å². The zero-order chi connectivity index (χ0) is 19.3. The Morgan fingerprint density at radius 3 is 2.64 bits per heavy atom. The zero-order valence-electron chi connectivity index (χ0n) is 15.8. The summed E-state index contributed by atoms with van der Waals surface area (Å²) in [6, 6.07) is 9.65. The predicted molar refractivity (Wildman–Crippen MR) is 103 cm³/mol. The van der Waals surface area contributed by atoms with E-state index in [0.717, 1.165) is 30.1 Å². The van der Waals surface area contributed by atoms with Crippen molar-refractivity contribution in [3.05, 3.63) is 48.3 Å². The number of hydrogen-bond acceptors (Lipinski definition) is 6. The van der Waals surface area contributed by atoms with Crippen LogP contribution in [0.15, 0.2) is 47.9 Å². The van der Waals surface area contributed by atoms with E-state index < -0.39 is 0 Å². The minimum Gasteiger partial charge on any atom is -0.454 e. The molecule has 0 spiro atoms. The first-order chi connectivity index (χ1) is 13.7. The van der Waals surface area contributed by atoms with Crippen LogP contribution in [0.25, 0.3) is 0 Å². The van der Waals surface area contributed by atoms with Crippen molar-refractivity contribution < 1.29 is 24.1 Å². The molecule has 2 aromatic rings. The largest absolute Gasteiger partial charge is 0.454 e. The molecule has 8 nitrogen and oxygen atoms in total. The van der Waals surface area contributed by atoms with E-state index in [2.05, 4.69) is 15.0 Å². The lowest BCUT2D eigenvalue weighted by atomic mass is 10.1. The van der Waals surface area contributed by atoms with Gasteiger partial charge in [0.1, 0.15) is 0 Å². The summed E-state index contributed by atoms with van der Waals surface area (Å²) in [6.45, 7) is 4.94. The quantitative estimate of drug-likeness (QED) is 0.575. The first-order valence-electron chi connectivity index (χ1n) is 9.26. The fraction of sp³-hybridized carbons (Fsp3) is 0.350. The molecule has 1 aromatic carbocycles. The number of rotatable bonds is 5. The molecule has 1 saturated heterocycles. The smallest absolute Gasteiger partial charge is 0.263 e. The highest BCUT2D eigenvalue weighted by molar-refractivity contribution is 5.99. The van der Waals surface area contributed by atoms with E-state index >= 15 is 0 Å². The van der Waals surface area contributed by atoms with Crippen molar-refractivity contribution in [2.24, 2.45) is 5.16 Å². The average Bonchev–Trinajstić information content (AvgIpc) is 3.22. The van der Waals surface area contributed by atoms with E-state index in [4.69, 9.17) is 14.3 Å². The number of benzene rings is 1.